The Balaban J connectivity index is 0.00000192. The molecule has 0 aromatic heterocycles. The van der Waals surface area contributed by atoms with Crippen LogP contribution >= 0.6 is 12.4 Å². The van der Waals surface area contributed by atoms with E-state index in [0.717, 1.165) is 11.1 Å². The number of hydrogen-bond acceptors (Lipinski definition) is 3. The number of halogens is 1. The third-order valence-corrected chi connectivity index (χ3v) is 5.77. The van der Waals surface area contributed by atoms with Crippen molar-refractivity contribution in [3.05, 3.63) is 54.6 Å². The highest BCUT2D eigenvalue weighted by Gasteiger charge is 2.28. The fraction of sp³-hybridized carbons (Fsp3) is 0.294. The quantitative estimate of drug-likeness (QED) is 0.924. The predicted octanol–water partition coefficient (Wildman–Crippen LogP) is 2.76. The van der Waals surface area contributed by atoms with Crippen molar-refractivity contribution >= 4 is 22.4 Å². The predicted molar refractivity (Wildman–Crippen MR) is 95.3 cm³/mol. The Kier molecular flexibility index (Phi) is 5.81. The highest BCUT2D eigenvalue weighted by atomic mass is 35.5. The Labute approximate surface area is 144 Å². The van der Waals surface area contributed by atoms with Crippen LogP contribution in [0.4, 0.5) is 0 Å². The van der Waals surface area contributed by atoms with Crippen molar-refractivity contribution in [1.29, 1.82) is 0 Å². The molecule has 124 valence electrons. The summed E-state index contributed by atoms with van der Waals surface area (Å²) in [5.41, 5.74) is 1.94. The zero-order valence-corrected chi connectivity index (χ0v) is 14.6. The number of sulfonamides is 1. The highest BCUT2D eigenvalue weighted by molar-refractivity contribution is 7.89. The molecule has 0 spiro atoms. The van der Waals surface area contributed by atoms with Gasteiger partial charge in [-0.1, -0.05) is 42.5 Å². The minimum absolute atomic E-state index is 0. The first-order chi connectivity index (χ1) is 10.6. The van der Waals surface area contributed by atoms with E-state index in [1.54, 1.807) is 22.5 Å². The fourth-order valence-electron chi connectivity index (χ4n) is 2.73. The molecule has 1 aliphatic rings. The van der Waals surface area contributed by atoms with Crippen LogP contribution in [0.2, 0.25) is 0 Å². The van der Waals surface area contributed by atoms with Crippen molar-refractivity contribution < 1.29 is 8.42 Å². The van der Waals surface area contributed by atoms with Gasteiger partial charge in [0.15, 0.2) is 0 Å². The minimum Gasteiger partial charge on any atom is -0.312 e. The van der Waals surface area contributed by atoms with Gasteiger partial charge in [-0.3, -0.25) is 0 Å². The summed E-state index contributed by atoms with van der Waals surface area (Å²) in [6.45, 7) is 3.72. The summed E-state index contributed by atoms with van der Waals surface area (Å²) in [6, 6.07) is 17.2. The van der Waals surface area contributed by atoms with Gasteiger partial charge in [0.2, 0.25) is 10.0 Å². The smallest absolute Gasteiger partial charge is 0.243 e. The molecule has 1 aliphatic heterocycles. The molecular formula is C17H21ClN2O2S. The van der Waals surface area contributed by atoms with Crippen LogP contribution < -0.4 is 5.32 Å². The third-order valence-electron chi connectivity index (χ3n) is 3.91. The number of nitrogens with one attached hydrogen (secondary N) is 1. The maximum absolute atomic E-state index is 12.8. The van der Waals surface area contributed by atoms with E-state index in [1.807, 2.05) is 43.3 Å². The van der Waals surface area contributed by atoms with Gasteiger partial charge >= 0.3 is 0 Å². The molecule has 1 atom stereocenters. The van der Waals surface area contributed by atoms with Gasteiger partial charge in [-0.25, -0.2) is 8.42 Å². The van der Waals surface area contributed by atoms with Gasteiger partial charge in [0.1, 0.15) is 0 Å². The van der Waals surface area contributed by atoms with Gasteiger partial charge in [0.25, 0.3) is 0 Å². The molecule has 6 heteroatoms. The van der Waals surface area contributed by atoms with Gasteiger partial charge in [-0.2, -0.15) is 4.31 Å². The maximum atomic E-state index is 12.8. The lowest BCUT2D eigenvalue weighted by Gasteiger charge is -2.31. The first kappa shape index (κ1) is 17.9. The molecule has 4 nitrogen and oxygen atoms in total. The molecule has 1 unspecified atom stereocenters. The van der Waals surface area contributed by atoms with Crippen LogP contribution in [0.1, 0.15) is 6.92 Å². The second kappa shape index (κ2) is 7.45. The number of nitrogens with zero attached hydrogens (tertiary/aromatic N) is 1. The van der Waals surface area contributed by atoms with Gasteiger partial charge in [0.05, 0.1) is 4.90 Å². The SMILES string of the molecule is CC1CN(S(=O)(=O)c2cccc(-c3ccccc3)c2)CCN1.Cl. The molecular weight excluding hydrogens is 332 g/mol. The molecule has 0 aliphatic carbocycles. The van der Waals surface area contributed by atoms with Crippen LogP contribution in [0.3, 0.4) is 0 Å². The summed E-state index contributed by atoms with van der Waals surface area (Å²) in [7, 11) is -3.43. The number of benzene rings is 2. The molecule has 23 heavy (non-hydrogen) atoms. The first-order valence-corrected chi connectivity index (χ1v) is 8.90. The van der Waals surface area contributed by atoms with Crippen molar-refractivity contribution in [2.75, 3.05) is 19.6 Å². The van der Waals surface area contributed by atoms with Crippen LogP contribution in [0.25, 0.3) is 11.1 Å². The van der Waals surface area contributed by atoms with E-state index in [9.17, 15) is 8.42 Å². The molecule has 1 heterocycles. The van der Waals surface area contributed by atoms with Crippen molar-refractivity contribution in [1.82, 2.24) is 9.62 Å². The summed E-state index contributed by atoms with van der Waals surface area (Å²) >= 11 is 0. The second-order valence-corrected chi connectivity index (χ2v) is 7.55. The number of piperazine rings is 1. The van der Waals surface area contributed by atoms with E-state index >= 15 is 0 Å². The van der Waals surface area contributed by atoms with E-state index in [0.29, 0.717) is 24.5 Å². The van der Waals surface area contributed by atoms with Gasteiger partial charge in [-0.05, 0) is 30.2 Å². The second-order valence-electron chi connectivity index (χ2n) is 5.61. The van der Waals surface area contributed by atoms with Gasteiger partial charge in [-0.15, -0.1) is 12.4 Å². The highest BCUT2D eigenvalue weighted by Crippen LogP contribution is 2.24. The largest absolute Gasteiger partial charge is 0.312 e. The molecule has 0 radical (unpaired) electrons. The number of hydrogen-bond donors (Lipinski definition) is 1. The normalized spacial score (nSPS) is 19.1. The van der Waals surface area contributed by atoms with Gasteiger partial charge in [0, 0.05) is 25.7 Å². The zero-order chi connectivity index (χ0) is 15.6. The molecule has 1 N–H and O–H groups in total. The molecule has 1 saturated heterocycles. The summed E-state index contributed by atoms with van der Waals surface area (Å²) in [4.78, 5) is 0.364. The molecule has 1 fully saturated rings. The van der Waals surface area contributed by atoms with Crippen LogP contribution in [-0.2, 0) is 10.0 Å². The summed E-state index contributed by atoms with van der Waals surface area (Å²) in [6.07, 6.45) is 0. The van der Waals surface area contributed by atoms with Crippen LogP contribution in [-0.4, -0.2) is 38.4 Å². The Morgan fingerprint density at radius 1 is 1.04 bits per heavy atom. The lowest BCUT2D eigenvalue weighted by molar-refractivity contribution is 0.310. The van der Waals surface area contributed by atoms with Crippen molar-refractivity contribution in [2.24, 2.45) is 0 Å². The first-order valence-electron chi connectivity index (χ1n) is 7.46. The van der Waals surface area contributed by atoms with E-state index in [-0.39, 0.29) is 18.4 Å². The van der Waals surface area contributed by atoms with Crippen LogP contribution in [0.5, 0.6) is 0 Å². The summed E-state index contributed by atoms with van der Waals surface area (Å²) in [5, 5.41) is 3.27. The van der Waals surface area contributed by atoms with Crippen molar-refractivity contribution in [3.63, 3.8) is 0 Å². The van der Waals surface area contributed by atoms with E-state index in [2.05, 4.69) is 5.32 Å². The topological polar surface area (TPSA) is 49.4 Å². The Morgan fingerprint density at radius 3 is 2.43 bits per heavy atom. The zero-order valence-electron chi connectivity index (χ0n) is 13.0. The standard InChI is InChI=1S/C17H20N2O2S.ClH/c1-14-13-19(11-10-18-14)22(20,21)17-9-5-8-16(12-17)15-6-3-2-4-7-15;/h2-9,12,14,18H,10-11,13H2,1H3;1H. The molecule has 2 aromatic rings. The van der Waals surface area contributed by atoms with Crippen molar-refractivity contribution in [3.8, 4) is 11.1 Å². The summed E-state index contributed by atoms with van der Waals surface area (Å²) < 4.78 is 27.2. The average Bonchev–Trinajstić information content (AvgIpc) is 2.56. The lowest BCUT2D eigenvalue weighted by atomic mass is 10.1. The van der Waals surface area contributed by atoms with Crippen LogP contribution in [0.15, 0.2) is 59.5 Å². The molecule has 0 amide bonds. The Morgan fingerprint density at radius 2 is 1.74 bits per heavy atom. The molecule has 0 bridgehead atoms. The maximum Gasteiger partial charge on any atom is 0.243 e. The Hall–Kier alpha value is -1.40. The summed E-state index contributed by atoms with van der Waals surface area (Å²) in [5.74, 6) is 0. The van der Waals surface area contributed by atoms with Crippen molar-refractivity contribution in [2.45, 2.75) is 17.9 Å². The number of rotatable bonds is 3. The van der Waals surface area contributed by atoms with Crippen LogP contribution in [0, 0.1) is 0 Å². The van der Waals surface area contributed by atoms with E-state index in [4.69, 9.17) is 0 Å². The lowest BCUT2D eigenvalue weighted by Crippen LogP contribution is -2.51. The average molecular weight is 353 g/mol. The minimum atomic E-state index is -3.43. The molecule has 2 aromatic carbocycles. The Bertz CT molecular complexity index is 750. The molecule has 0 saturated carbocycles. The fourth-order valence-corrected chi connectivity index (χ4v) is 4.31. The third kappa shape index (κ3) is 3.93. The van der Waals surface area contributed by atoms with E-state index < -0.39 is 10.0 Å². The molecule has 3 rings (SSSR count). The van der Waals surface area contributed by atoms with E-state index in [1.165, 1.54) is 0 Å². The monoisotopic (exact) mass is 352 g/mol. The van der Waals surface area contributed by atoms with Gasteiger partial charge < -0.3 is 5.32 Å².